The van der Waals surface area contributed by atoms with Crippen molar-refractivity contribution >= 4 is 0 Å². The Morgan fingerprint density at radius 2 is 1.65 bits per heavy atom. The topological polar surface area (TPSA) is 0 Å². The average Bonchev–Trinajstić information content (AvgIpc) is 2.57. The largest absolute Gasteiger partial charge is 1.00 e. The van der Waals surface area contributed by atoms with E-state index in [1.807, 2.05) is 0 Å². The van der Waals surface area contributed by atoms with Crippen LogP contribution in [0.5, 0.6) is 0 Å². The second kappa shape index (κ2) is 11.2. The van der Waals surface area contributed by atoms with Gasteiger partial charge in [-0.2, -0.15) is 24.1 Å². The first-order valence-electron chi connectivity index (χ1n) is 8.39. The molecule has 0 amide bonds. The van der Waals surface area contributed by atoms with Gasteiger partial charge in [0.25, 0.3) is 0 Å². The maximum Gasteiger partial charge on any atom is 1.00 e. The Balaban J connectivity index is 0.00000264. The van der Waals surface area contributed by atoms with Crippen molar-refractivity contribution in [3.63, 3.8) is 0 Å². The van der Waals surface area contributed by atoms with E-state index in [-0.39, 0.29) is 18.9 Å². The third kappa shape index (κ3) is 7.17. The van der Waals surface area contributed by atoms with Crippen LogP contribution >= 0.6 is 0 Å². The quantitative estimate of drug-likeness (QED) is 0.303. The molecule has 0 aliphatic heterocycles. The molecule has 116 valence electrons. The standard InChI is InChI=1S/C22H27.Li/c1-3-21(22-13-9-6-10-14-22)12-8-5-4-7-11-20-17-15-19(2)16-18-20;/h5-6,8-11,13-18,21H,3-4,7,12H2,1-2H3;/q-1;+1/b8-5+;. The minimum atomic E-state index is 0. The molecule has 0 saturated carbocycles. The fourth-order valence-electron chi connectivity index (χ4n) is 2.69. The molecule has 2 rings (SSSR count). The van der Waals surface area contributed by atoms with Crippen molar-refractivity contribution in [2.24, 2.45) is 0 Å². The van der Waals surface area contributed by atoms with Crippen LogP contribution < -0.4 is 18.9 Å². The van der Waals surface area contributed by atoms with Crippen LogP contribution in [0.15, 0.2) is 66.7 Å². The molecule has 1 atom stereocenters. The van der Waals surface area contributed by atoms with Crippen molar-refractivity contribution in [1.29, 1.82) is 0 Å². The molecule has 0 aromatic heterocycles. The van der Waals surface area contributed by atoms with Crippen molar-refractivity contribution in [2.75, 3.05) is 0 Å². The van der Waals surface area contributed by atoms with Crippen LogP contribution in [0, 0.1) is 13.3 Å². The summed E-state index contributed by atoms with van der Waals surface area (Å²) < 4.78 is 0. The van der Waals surface area contributed by atoms with E-state index < -0.39 is 0 Å². The van der Waals surface area contributed by atoms with E-state index in [0.717, 1.165) is 19.3 Å². The van der Waals surface area contributed by atoms with Crippen molar-refractivity contribution < 1.29 is 18.9 Å². The van der Waals surface area contributed by atoms with Gasteiger partial charge in [-0.3, -0.25) is 0 Å². The molecule has 0 saturated heterocycles. The van der Waals surface area contributed by atoms with Gasteiger partial charge in [-0.05, 0) is 37.7 Å². The van der Waals surface area contributed by atoms with Crippen molar-refractivity contribution in [2.45, 2.75) is 45.4 Å². The minimum Gasteiger partial charge on any atom is -0.192 e. The number of benzene rings is 2. The first-order valence-corrected chi connectivity index (χ1v) is 8.39. The van der Waals surface area contributed by atoms with E-state index in [4.69, 9.17) is 0 Å². The predicted octanol–water partition coefficient (Wildman–Crippen LogP) is 3.47. The minimum absolute atomic E-state index is 0. The Kier molecular flexibility index (Phi) is 9.61. The van der Waals surface area contributed by atoms with Crippen molar-refractivity contribution in [3.05, 3.63) is 89.9 Å². The summed E-state index contributed by atoms with van der Waals surface area (Å²) in [4.78, 5) is 0. The molecule has 0 aliphatic rings. The van der Waals surface area contributed by atoms with Crippen LogP contribution in [-0.4, -0.2) is 0 Å². The third-order valence-electron chi connectivity index (χ3n) is 4.14. The normalized spacial score (nSPS) is 11.9. The number of hydrogen-bond donors (Lipinski definition) is 0. The van der Waals surface area contributed by atoms with Gasteiger partial charge in [0, 0.05) is 0 Å². The van der Waals surface area contributed by atoms with E-state index >= 15 is 0 Å². The number of hydrogen-bond acceptors (Lipinski definition) is 0. The van der Waals surface area contributed by atoms with Crippen LogP contribution in [-0.2, 0) is 0 Å². The summed E-state index contributed by atoms with van der Waals surface area (Å²) >= 11 is 0. The molecule has 0 radical (unpaired) electrons. The summed E-state index contributed by atoms with van der Waals surface area (Å²) in [5.74, 6) is 0.651. The Morgan fingerprint density at radius 3 is 2.30 bits per heavy atom. The maximum absolute atomic E-state index is 2.35. The maximum atomic E-state index is 2.35. The van der Waals surface area contributed by atoms with Crippen LogP contribution in [0.25, 0.3) is 0 Å². The molecule has 0 fully saturated rings. The zero-order chi connectivity index (χ0) is 15.6. The SMILES string of the molecule is CCC(C/C=C/CC[CH-]c1ccc(C)cc1)c1ccccc1.[Li+]. The molecular weight excluding hydrogens is 271 g/mol. The smallest absolute Gasteiger partial charge is 0.192 e. The molecule has 0 bridgehead atoms. The number of unbranched alkanes of at least 4 members (excludes halogenated alkanes) is 1. The summed E-state index contributed by atoms with van der Waals surface area (Å²) in [6.45, 7) is 4.40. The first kappa shape index (κ1) is 19.7. The summed E-state index contributed by atoms with van der Waals surface area (Å²) in [6.07, 6.45) is 11.6. The van der Waals surface area contributed by atoms with Gasteiger partial charge >= 0.3 is 18.9 Å². The summed E-state index contributed by atoms with van der Waals surface area (Å²) in [5, 5.41) is 0. The van der Waals surface area contributed by atoms with Crippen LogP contribution in [0.2, 0.25) is 0 Å². The number of rotatable bonds is 8. The van der Waals surface area contributed by atoms with Crippen LogP contribution in [0.1, 0.15) is 55.2 Å². The van der Waals surface area contributed by atoms with Gasteiger partial charge in [0.05, 0.1) is 0 Å². The molecule has 2 aromatic rings. The zero-order valence-corrected chi connectivity index (χ0v) is 14.8. The van der Waals surface area contributed by atoms with E-state index in [1.54, 1.807) is 0 Å². The van der Waals surface area contributed by atoms with E-state index in [2.05, 4.69) is 87.0 Å². The molecule has 23 heavy (non-hydrogen) atoms. The third-order valence-corrected chi connectivity index (χ3v) is 4.14. The number of allylic oxidation sites excluding steroid dienone is 2. The molecule has 0 heterocycles. The van der Waals surface area contributed by atoms with Crippen molar-refractivity contribution in [3.8, 4) is 0 Å². The molecule has 2 aromatic carbocycles. The summed E-state index contributed by atoms with van der Waals surface area (Å²) in [7, 11) is 0. The summed E-state index contributed by atoms with van der Waals surface area (Å²) in [6, 6.07) is 19.6. The molecule has 0 N–H and O–H groups in total. The van der Waals surface area contributed by atoms with Crippen LogP contribution in [0.4, 0.5) is 0 Å². The van der Waals surface area contributed by atoms with Gasteiger partial charge < -0.3 is 0 Å². The summed E-state index contributed by atoms with van der Waals surface area (Å²) in [5.41, 5.74) is 4.11. The first-order chi connectivity index (χ1) is 10.8. The molecule has 0 nitrogen and oxygen atoms in total. The molecule has 0 spiro atoms. The Bertz CT molecular complexity index is 554. The Morgan fingerprint density at radius 1 is 0.957 bits per heavy atom. The fraction of sp³-hybridized carbons (Fsp3) is 0.318. The molecular formula is C22H27Li. The van der Waals surface area contributed by atoms with Gasteiger partial charge in [0.15, 0.2) is 0 Å². The van der Waals surface area contributed by atoms with Gasteiger partial charge in [-0.25, -0.2) is 0 Å². The Hall–Kier alpha value is -1.35. The monoisotopic (exact) mass is 298 g/mol. The van der Waals surface area contributed by atoms with E-state index in [1.165, 1.54) is 23.1 Å². The molecule has 1 heteroatoms. The van der Waals surface area contributed by atoms with Crippen LogP contribution in [0.3, 0.4) is 0 Å². The molecule has 0 aliphatic carbocycles. The van der Waals surface area contributed by atoms with Gasteiger partial charge in [0.2, 0.25) is 0 Å². The van der Waals surface area contributed by atoms with Gasteiger partial charge in [0.1, 0.15) is 0 Å². The van der Waals surface area contributed by atoms with Gasteiger partial charge in [-0.1, -0.05) is 61.4 Å². The fourth-order valence-corrected chi connectivity index (χ4v) is 2.69. The molecule has 1 unspecified atom stereocenters. The van der Waals surface area contributed by atoms with E-state index in [0.29, 0.717) is 5.92 Å². The van der Waals surface area contributed by atoms with Crippen molar-refractivity contribution in [1.82, 2.24) is 0 Å². The predicted molar refractivity (Wildman–Crippen MR) is 97.0 cm³/mol. The van der Waals surface area contributed by atoms with Gasteiger partial charge in [-0.15, -0.1) is 12.1 Å². The average molecular weight is 298 g/mol. The zero-order valence-electron chi connectivity index (χ0n) is 14.8. The second-order valence-corrected chi connectivity index (χ2v) is 5.92. The van der Waals surface area contributed by atoms with E-state index in [9.17, 15) is 0 Å². The Labute approximate surface area is 154 Å². The second-order valence-electron chi connectivity index (χ2n) is 5.92. The number of aryl methyl sites for hydroxylation is 1.